The van der Waals surface area contributed by atoms with Crippen molar-refractivity contribution >= 4 is 16.6 Å². The molecule has 0 aliphatic carbocycles. The molecule has 4 heteroatoms. The van der Waals surface area contributed by atoms with E-state index < -0.39 is 0 Å². The number of morpholine rings is 1. The van der Waals surface area contributed by atoms with Gasteiger partial charge in [-0.2, -0.15) is 0 Å². The molecule has 1 N–H and O–H groups in total. The van der Waals surface area contributed by atoms with Crippen LogP contribution < -0.4 is 4.90 Å². The Bertz CT molecular complexity index is 539. The van der Waals surface area contributed by atoms with Crippen LogP contribution in [0.5, 0.6) is 0 Å². The van der Waals surface area contributed by atoms with E-state index in [2.05, 4.69) is 22.0 Å². The maximum absolute atomic E-state index is 9.20. The van der Waals surface area contributed by atoms with E-state index in [0.717, 1.165) is 24.0 Å². The Labute approximate surface area is 106 Å². The third-order valence-electron chi connectivity index (χ3n) is 3.31. The number of hydrogen-bond donors (Lipinski definition) is 1. The molecule has 1 aliphatic rings. The number of nitrogens with zero attached hydrogens (tertiary/aromatic N) is 2. The summed E-state index contributed by atoms with van der Waals surface area (Å²) in [6, 6.07) is 10.2. The lowest BCUT2D eigenvalue weighted by molar-refractivity contribution is 0.00364. The zero-order chi connectivity index (χ0) is 12.4. The summed E-state index contributed by atoms with van der Waals surface area (Å²) in [5, 5.41) is 10.4. The van der Waals surface area contributed by atoms with Crippen molar-refractivity contribution in [3.63, 3.8) is 0 Å². The molecule has 4 nitrogen and oxygen atoms in total. The summed E-state index contributed by atoms with van der Waals surface area (Å²) in [6.45, 7) is 2.30. The molecule has 0 saturated carbocycles. The van der Waals surface area contributed by atoms with Crippen LogP contribution in [0.2, 0.25) is 0 Å². The molecular weight excluding hydrogens is 228 g/mol. The number of aromatic nitrogens is 1. The van der Waals surface area contributed by atoms with Gasteiger partial charge in [-0.05, 0) is 24.3 Å². The second-order valence-electron chi connectivity index (χ2n) is 4.47. The summed E-state index contributed by atoms with van der Waals surface area (Å²) in [5.41, 5.74) is 2.17. The van der Waals surface area contributed by atoms with Gasteiger partial charge in [-0.1, -0.05) is 6.07 Å². The average Bonchev–Trinajstić information content (AvgIpc) is 2.47. The molecule has 1 atom stereocenters. The lowest BCUT2D eigenvalue weighted by Gasteiger charge is -2.34. The molecule has 2 heterocycles. The van der Waals surface area contributed by atoms with Crippen molar-refractivity contribution in [2.24, 2.45) is 0 Å². The molecule has 1 fully saturated rings. The molecule has 1 aliphatic heterocycles. The minimum Gasteiger partial charge on any atom is -0.394 e. The maximum Gasteiger partial charge on any atom is 0.0980 e. The molecular formula is C14H16N2O2. The van der Waals surface area contributed by atoms with Crippen LogP contribution in [0.15, 0.2) is 36.5 Å². The van der Waals surface area contributed by atoms with Crippen LogP contribution in [0, 0.1) is 0 Å². The van der Waals surface area contributed by atoms with Crippen molar-refractivity contribution in [2.45, 2.75) is 6.10 Å². The summed E-state index contributed by atoms with van der Waals surface area (Å²) in [6.07, 6.45) is 1.72. The monoisotopic (exact) mass is 244 g/mol. The molecule has 94 valence electrons. The minimum atomic E-state index is -0.0920. The zero-order valence-corrected chi connectivity index (χ0v) is 10.1. The van der Waals surface area contributed by atoms with Crippen molar-refractivity contribution in [2.75, 3.05) is 31.2 Å². The fourth-order valence-electron chi connectivity index (χ4n) is 2.41. The fourth-order valence-corrected chi connectivity index (χ4v) is 2.41. The van der Waals surface area contributed by atoms with Gasteiger partial charge in [-0.15, -0.1) is 0 Å². The Morgan fingerprint density at radius 2 is 2.28 bits per heavy atom. The second-order valence-corrected chi connectivity index (χ2v) is 4.47. The van der Waals surface area contributed by atoms with E-state index in [-0.39, 0.29) is 12.7 Å². The predicted octanol–water partition coefficient (Wildman–Crippen LogP) is 1.43. The molecule has 1 aromatic heterocycles. The van der Waals surface area contributed by atoms with Crippen LogP contribution in [0.4, 0.5) is 5.69 Å². The number of pyridine rings is 1. The van der Waals surface area contributed by atoms with Crippen LogP contribution in [0.25, 0.3) is 10.9 Å². The van der Waals surface area contributed by atoms with Crippen molar-refractivity contribution in [3.05, 3.63) is 36.5 Å². The van der Waals surface area contributed by atoms with Crippen LogP contribution in [-0.2, 0) is 4.74 Å². The topological polar surface area (TPSA) is 45.6 Å². The Morgan fingerprint density at radius 1 is 1.33 bits per heavy atom. The summed E-state index contributed by atoms with van der Waals surface area (Å²) in [4.78, 5) is 6.63. The van der Waals surface area contributed by atoms with Gasteiger partial charge in [0.05, 0.1) is 24.8 Å². The van der Waals surface area contributed by atoms with Gasteiger partial charge >= 0.3 is 0 Å². The van der Waals surface area contributed by atoms with Gasteiger partial charge in [0.25, 0.3) is 0 Å². The van der Waals surface area contributed by atoms with E-state index in [1.807, 2.05) is 24.4 Å². The highest BCUT2D eigenvalue weighted by Crippen LogP contribution is 2.26. The van der Waals surface area contributed by atoms with E-state index in [1.165, 1.54) is 5.69 Å². The molecule has 1 aromatic carbocycles. The highest BCUT2D eigenvalue weighted by Gasteiger charge is 2.21. The molecule has 0 amide bonds. The molecule has 18 heavy (non-hydrogen) atoms. The Morgan fingerprint density at radius 3 is 3.17 bits per heavy atom. The first-order valence-electron chi connectivity index (χ1n) is 6.19. The van der Waals surface area contributed by atoms with E-state index in [4.69, 9.17) is 4.74 Å². The molecule has 2 aromatic rings. The maximum atomic E-state index is 9.20. The molecule has 3 rings (SSSR count). The van der Waals surface area contributed by atoms with Crippen LogP contribution in [0.3, 0.4) is 0 Å². The molecule has 0 spiro atoms. The van der Waals surface area contributed by atoms with Gasteiger partial charge in [0.15, 0.2) is 0 Å². The number of ether oxygens (including phenoxy) is 1. The minimum absolute atomic E-state index is 0.0690. The number of fused-ring (bicyclic) bond motifs is 1. The second kappa shape index (κ2) is 4.92. The van der Waals surface area contributed by atoms with Crippen molar-refractivity contribution < 1.29 is 9.84 Å². The molecule has 0 radical (unpaired) electrons. The van der Waals surface area contributed by atoms with Gasteiger partial charge in [-0.25, -0.2) is 0 Å². The average molecular weight is 244 g/mol. The van der Waals surface area contributed by atoms with E-state index in [1.54, 1.807) is 0 Å². The normalized spacial score (nSPS) is 20.3. The molecule has 1 unspecified atom stereocenters. The first kappa shape index (κ1) is 11.4. The fraction of sp³-hybridized carbons (Fsp3) is 0.357. The number of hydrogen-bond acceptors (Lipinski definition) is 4. The Hall–Kier alpha value is -1.65. The number of anilines is 1. The Kier molecular flexibility index (Phi) is 3.13. The standard InChI is InChI=1S/C14H16N2O2/c17-10-11-9-16(7-8-18-11)14-5-1-4-13-12(14)3-2-6-15-13/h1-6,11,17H,7-10H2. The summed E-state index contributed by atoms with van der Waals surface area (Å²) < 4.78 is 5.48. The Balaban J connectivity index is 1.98. The quantitative estimate of drug-likeness (QED) is 0.868. The predicted molar refractivity (Wildman–Crippen MR) is 70.8 cm³/mol. The smallest absolute Gasteiger partial charge is 0.0980 e. The largest absolute Gasteiger partial charge is 0.394 e. The highest BCUT2D eigenvalue weighted by molar-refractivity contribution is 5.91. The van der Waals surface area contributed by atoms with E-state index >= 15 is 0 Å². The highest BCUT2D eigenvalue weighted by atomic mass is 16.5. The number of aliphatic hydroxyl groups is 1. The van der Waals surface area contributed by atoms with Gasteiger partial charge in [-0.3, -0.25) is 4.98 Å². The van der Waals surface area contributed by atoms with Crippen LogP contribution in [0.1, 0.15) is 0 Å². The lowest BCUT2D eigenvalue weighted by atomic mass is 10.1. The number of aliphatic hydroxyl groups excluding tert-OH is 1. The number of rotatable bonds is 2. The van der Waals surface area contributed by atoms with Gasteiger partial charge in [0, 0.05) is 30.4 Å². The van der Waals surface area contributed by atoms with Gasteiger partial charge < -0.3 is 14.7 Å². The number of benzene rings is 1. The summed E-state index contributed by atoms with van der Waals surface area (Å²) >= 11 is 0. The third kappa shape index (κ3) is 2.05. The lowest BCUT2D eigenvalue weighted by Crippen LogP contribution is -2.44. The van der Waals surface area contributed by atoms with Crippen molar-refractivity contribution in [3.8, 4) is 0 Å². The first-order valence-corrected chi connectivity index (χ1v) is 6.19. The SMILES string of the molecule is OCC1CN(c2cccc3ncccc23)CCO1. The van der Waals surface area contributed by atoms with Crippen molar-refractivity contribution in [1.82, 2.24) is 4.98 Å². The third-order valence-corrected chi connectivity index (χ3v) is 3.31. The van der Waals surface area contributed by atoms with Gasteiger partial charge in [0.1, 0.15) is 0 Å². The van der Waals surface area contributed by atoms with E-state index in [0.29, 0.717) is 6.61 Å². The van der Waals surface area contributed by atoms with Crippen LogP contribution >= 0.6 is 0 Å². The first-order chi connectivity index (χ1) is 8.88. The van der Waals surface area contributed by atoms with E-state index in [9.17, 15) is 5.11 Å². The van der Waals surface area contributed by atoms with Crippen molar-refractivity contribution in [1.29, 1.82) is 0 Å². The van der Waals surface area contributed by atoms with Gasteiger partial charge in [0.2, 0.25) is 0 Å². The van der Waals surface area contributed by atoms with Crippen LogP contribution in [-0.4, -0.2) is 42.5 Å². The summed E-state index contributed by atoms with van der Waals surface area (Å²) in [5.74, 6) is 0. The summed E-state index contributed by atoms with van der Waals surface area (Å²) in [7, 11) is 0. The molecule has 0 bridgehead atoms. The molecule has 1 saturated heterocycles. The zero-order valence-electron chi connectivity index (χ0n) is 10.1.